The SMILES string of the molecule is Cc1cc(=O)[nH]c2c(Br)c(O)ccc12. The molecule has 0 radical (unpaired) electrons. The van der Waals surface area contributed by atoms with E-state index in [9.17, 15) is 9.90 Å². The van der Waals surface area contributed by atoms with Gasteiger partial charge >= 0.3 is 0 Å². The van der Waals surface area contributed by atoms with Crippen molar-refractivity contribution in [3.63, 3.8) is 0 Å². The van der Waals surface area contributed by atoms with Gasteiger partial charge in [0.05, 0.1) is 9.99 Å². The van der Waals surface area contributed by atoms with Gasteiger partial charge in [-0.3, -0.25) is 4.79 Å². The number of hydrogen-bond donors (Lipinski definition) is 2. The maximum atomic E-state index is 11.2. The lowest BCUT2D eigenvalue weighted by Gasteiger charge is -2.04. The van der Waals surface area contributed by atoms with E-state index in [-0.39, 0.29) is 11.3 Å². The van der Waals surface area contributed by atoms with Crippen LogP contribution >= 0.6 is 15.9 Å². The fourth-order valence-corrected chi connectivity index (χ4v) is 1.89. The first-order valence-corrected chi connectivity index (χ1v) is 4.90. The number of aromatic amines is 1. The van der Waals surface area contributed by atoms with Crippen LogP contribution in [0.2, 0.25) is 0 Å². The molecule has 1 aromatic carbocycles. The number of nitrogens with one attached hydrogen (secondary N) is 1. The van der Waals surface area contributed by atoms with E-state index in [1.807, 2.05) is 6.92 Å². The first kappa shape index (κ1) is 9.27. The van der Waals surface area contributed by atoms with Crippen molar-refractivity contribution in [3.05, 3.63) is 38.6 Å². The van der Waals surface area contributed by atoms with Gasteiger partial charge in [-0.1, -0.05) is 0 Å². The average molecular weight is 254 g/mol. The number of rotatable bonds is 0. The third kappa shape index (κ3) is 1.32. The number of H-pyrrole nitrogens is 1. The third-order valence-corrected chi connectivity index (χ3v) is 2.94. The van der Waals surface area contributed by atoms with Crippen LogP contribution in [0.3, 0.4) is 0 Å². The van der Waals surface area contributed by atoms with E-state index in [1.54, 1.807) is 12.1 Å². The van der Waals surface area contributed by atoms with Gasteiger partial charge in [0.15, 0.2) is 0 Å². The van der Waals surface area contributed by atoms with Crippen LogP contribution in [0.4, 0.5) is 0 Å². The molecule has 0 spiro atoms. The summed E-state index contributed by atoms with van der Waals surface area (Å²) in [5, 5.41) is 10.4. The second kappa shape index (κ2) is 3.13. The van der Waals surface area contributed by atoms with Gasteiger partial charge < -0.3 is 10.1 Å². The summed E-state index contributed by atoms with van der Waals surface area (Å²) in [4.78, 5) is 13.9. The van der Waals surface area contributed by atoms with E-state index in [4.69, 9.17) is 0 Å². The zero-order valence-corrected chi connectivity index (χ0v) is 9.05. The summed E-state index contributed by atoms with van der Waals surface area (Å²) in [6, 6.07) is 4.91. The van der Waals surface area contributed by atoms with E-state index >= 15 is 0 Å². The number of aromatic nitrogens is 1. The molecule has 0 amide bonds. The van der Waals surface area contributed by atoms with Crippen LogP contribution in [-0.4, -0.2) is 10.1 Å². The molecule has 0 aliphatic heterocycles. The van der Waals surface area contributed by atoms with E-state index in [1.165, 1.54) is 6.07 Å². The zero-order chi connectivity index (χ0) is 10.3. The average Bonchev–Trinajstić information content (AvgIpc) is 2.12. The summed E-state index contributed by atoms with van der Waals surface area (Å²) in [7, 11) is 0. The number of halogens is 1. The number of pyridine rings is 1. The monoisotopic (exact) mass is 253 g/mol. The topological polar surface area (TPSA) is 53.1 Å². The van der Waals surface area contributed by atoms with Gasteiger partial charge in [0.2, 0.25) is 5.56 Å². The quantitative estimate of drug-likeness (QED) is 0.757. The lowest BCUT2D eigenvalue weighted by atomic mass is 10.1. The maximum Gasteiger partial charge on any atom is 0.248 e. The summed E-state index contributed by atoms with van der Waals surface area (Å²) >= 11 is 3.23. The molecule has 0 fully saturated rings. The zero-order valence-electron chi connectivity index (χ0n) is 7.47. The van der Waals surface area contributed by atoms with Crippen LogP contribution in [0.15, 0.2) is 27.5 Å². The summed E-state index contributed by atoms with van der Waals surface area (Å²) < 4.78 is 0.524. The van der Waals surface area contributed by atoms with Crippen LogP contribution in [0.1, 0.15) is 5.56 Å². The minimum absolute atomic E-state index is 0.124. The van der Waals surface area contributed by atoms with E-state index < -0.39 is 0 Å². The summed E-state index contributed by atoms with van der Waals surface area (Å²) in [6.45, 7) is 1.86. The van der Waals surface area contributed by atoms with Crippen LogP contribution in [0, 0.1) is 6.92 Å². The van der Waals surface area contributed by atoms with E-state index in [0.717, 1.165) is 10.9 Å². The highest BCUT2D eigenvalue weighted by Gasteiger charge is 2.06. The molecule has 0 unspecified atom stereocenters. The van der Waals surface area contributed by atoms with Gasteiger partial charge in [-0.05, 0) is 40.5 Å². The highest BCUT2D eigenvalue weighted by Crippen LogP contribution is 2.31. The number of phenolic OH excluding ortho intramolecular Hbond substituents is 1. The molecule has 3 nitrogen and oxygen atoms in total. The molecule has 0 aliphatic rings. The molecule has 0 aliphatic carbocycles. The van der Waals surface area contributed by atoms with Crippen LogP contribution < -0.4 is 5.56 Å². The van der Waals surface area contributed by atoms with Crippen LogP contribution in [0.25, 0.3) is 10.9 Å². The number of phenols is 1. The molecule has 0 atom stereocenters. The molecular formula is C10H8BrNO2. The van der Waals surface area contributed by atoms with Crippen molar-refractivity contribution in [1.29, 1.82) is 0 Å². The Morgan fingerprint density at radius 3 is 2.86 bits per heavy atom. The van der Waals surface area contributed by atoms with Gasteiger partial charge in [-0.2, -0.15) is 0 Å². The van der Waals surface area contributed by atoms with Gasteiger partial charge in [0.1, 0.15) is 5.75 Å². The van der Waals surface area contributed by atoms with Crippen molar-refractivity contribution >= 4 is 26.8 Å². The van der Waals surface area contributed by atoms with Crippen LogP contribution in [-0.2, 0) is 0 Å². The Kier molecular flexibility index (Phi) is 2.07. The number of aryl methyl sites for hydroxylation is 1. The molecule has 14 heavy (non-hydrogen) atoms. The lowest BCUT2D eigenvalue weighted by molar-refractivity contribution is 0.473. The van der Waals surface area contributed by atoms with Crippen molar-refractivity contribution in [2.45, 2.75) is 6.92 Å². The van der Waals surface area contributed by atoms with Crippen LogP contribution in [0.5, 0.6) is 5.75 Å². The van der Waals surface area contributed by atoms with Crippen molar-refractivity contribution < 1.29 is 5.11 Å². The van der Waals surface area contributed by atoms with Gasteiger partial charge in [-0.15, -0.1) is 0 Å². The first-order valence-electron chi connectivity index (χ1n) is 4.10. The molecule has 0 saturated heterocycles. The second-order valence-electron chi connectivity index (χ2n) is 3.14. The highest BCUT2D eigenvalue weighted by molar-refractivity contribution is 9.10. The Hall–Kier alpha value is -1.29. The Balaban J connectivity index is 3.02. The Morgan fingerprint density at radius 1 is 1.43 bits per heavy atom. The van der Waals surface area contributed by atoms with Crippen molar-refractivity contribution in [2.24, 2.45) is 0 Å². The molecule has 0 saturated carbocycles. The summed E-state index contributed by atoms with van der Waals surface area (Å²) in [5.41, 5.74) is 1.36. The van der Waals surface area contributed by atoms with Crippen molar-refractivity contribution in [1.82, 2.24) is 4.98 Å². The Labute approximate surface area is 88.5 Å². The standard InChI is InChI=1S/C10H8BrNO2/c1-5-4-8(14)12-10-6(5)2-3-7(13)9(10)11/h2-4,13H,1H3,(H,12,14). The number of aromatic hydroxyl groups is 1. The Bertz CT molecular complexity index is 560. The molecular weight excluding hydrogens is 246 g/mol. The molecule has 2 rings (SSSR count). The Morgan fingerprint density at radius 2 is 2.14 bits per heavy atom. The molecule has 2 aromatic rings. The largest absolute Gasteiger partial charge is 0.507 e. The predicted octanol–water partition coefficient (Wildman–Crippen LogP) is 2.30. The van der Waals surface area contributed by atoms with E-state index in [0.29, 0.717) is 9.99 Å². The first-order chi connectivity index (χ1) is 6.59. The van der Waals surface area contributed by atoms with Gasteiger partial charge in [-0.25, -0.2) is 0 Å². The second-order valence-corrected chi connectivity index (χ2v) is 3.93. The fourth-order valence-electron chi connectivity index (χ4n) is 1.45. The number of hydrogen-bond acceptors (Lipinski definition) is 2. The molecule has 0 bridgehead atoms. The molecule has 2 N–H and O–H groups in total. The minimum Gasteiger partial charge on any atom is -0.507 e. The van der Waals surface area contributed by atoms with E-state index in [2.05, 4.69) is 20.9 Å². The van der Waals surface area contributed by atoms with Crippen molar-refractivity contribution in [3.8, 4) is 5.75 Å². The highest BCUT2D eigenvalue weighted by atomic mass is 79.9. The fraction of sp³-hybridized carbons (Fsp3) is 0.100. The lowest BCUT2D eigenvalue weighted by Crippen LogP contribution is -2.05. The number of benzene rings is 1. The molecule has 1 heterocycles. The molecule has 1 aromatic heterocycles. The normalized spacial score (nSPS) is 10.7. The van der Waals surface area contributed by atoms with Gasteiger partial charge in [0.25, 0.3) is 0 Å². The maximum absolute atomic E-state index is 11.2. The van der Waals surface area contributed by atoms with Crippen molar-refractivity contribution in [2.75, 3.05) is 0 Å². The molecule has 4 heteroatoms. The van der Waals surface area contributed by atoms with Gasteiger partial charge in [0, 0.05) is 11.5 Å². The predicted molar refractivity (Wildman–Crippen MR) is 58.7 cm³/mol. The summed E-state index contributed by atoms with van der Waals surface area (Å²) in [6.07, 6.45) is 0. The molecule has 72 valence electrons. The number of fused-ring (bicyclic) bond motifs is 1. The minimum atomic E-state index is -0.165. The smallest absolute Gasteiger partial charge is 0.248 e. The third-order valence-electron chi connectivity index (χ3n) is 2.14. The summed E-state index contributed by atoms with van der Waals surface area (Å²) in [5.74, 6) is 0.124.